The molecule has 0 aliphatic carbocycles. The smallest absolute Gasteiger partial charge is 0.187 e. The zero-order chi connectivity index (χ0) is 29.6. The fourth-order valence-corrected chi connectivity index (χ4v) is 4.77. The lowest BCUT2D eigenvalue weighted by molar-refractivity contribution is -0.372. The van der Waals surface area contributed by atoms with Gasteiger partial charge in [0, 0.05) is 0 Å². The van der Waals surface area contributed by atoms with Crippen molar-refractivity contribution < 1.29 is 74.4 Å². The number of hydrogen-bond donors (Lipinski definition) is 9. The molecule has 9 N–H and O–H groups in total. The second kappa shape index (κ2) is 15.0. The van der Waals surface area contributed by atoms with Crippen molar-refractivity contribution in [3.63, 3.8) is 0 Å². The van der Waals surface area contributed by atoms with E-state index in [0.717, 1.165) is 19.3 Å². The van der Waals surface area contributed by atoms with Crippen LogP contribution in [0.1, 0.15) is 32.6 Å². The molecule has 15 heteroatoms. The zero-order valence-electron chi connectivity index (χ0n) is 22.4. The van der Waals surface area contributed by atoms with Crippen LogP contribution in [0.2, 0.25) is 0 Å². The summed E-state index contributed by atoms with van der Waals surface area (Å²) in [4.78, 5) is 0. The minimum atomic E-state index is -1.93. The first-order valence-electron chi connectivity index (χ1n) is 13.5. The van der Waals surface area contributed by atoms with Gasteiger partial charge < -0.3 is 74.4 Å². The highest BCUT2D eigenvalue weighted by molar-refractivity contribution is 4.96. The molecule has 234 valence electrons. The third-order valence-electron chi connectivity index (χ3n) is 7.45. The SMILES string of the molecule is C=CC(CCCCC)O[C@@H]1O[C@H](CO[C@@H]2OC[C@](O)(CO)[C@H]2O)[C@@H](O)[C@H](O)[C@H]1O[C@@H]1O[C@H](CO)[C@@H](O)[C@H](O)[C@H]1O. The van der Waals surface area contributed by atoms with Crippen molar-refractivity contribution in [1.29, 1.82) is 0 Å². The van der Waals surface area contributed by atoms with Gasteiger partial charge in [-0.15, -0.1) is 6.58 Å². The Labute approximate surface area is 232 Å². The molecule has 0 aromatic heterocycles. The third kappa shape index (κ3) is 7.55. The van der Waals surface area contributed by atoms with E-state index in [1.54, 1.807) is 0 Å². The summed E-state index contributed by atoms with van der Waals surface area (Å²) in [7, 11) is 0. The Hall–Kier alpha value is -0.860. The van der Waals surface area contributed by atoms with Crippen LogP contribution in [0.5, 0.6) is 0 Å². The van der Waals surface area contributed by atoms with Crippen LogP contribution in [0.3, 0.4) is 0 Å². The summed E-state index contributed by atoms with van der Waals surface area (Å²) in [5, 5.41) is 91.7. The van der Waals surface area contributed by atoms with E-state index >= 15 is 0 Å². The van der Waals surface area contributed by atoms with Crippen molar-refractivity contribution in [2.45, 2.75) is 118 Å². The molecule has 0 saturated carbocycles. The van der Waals surface area contributed by atoms with Crippen molar-refractivity contribution in [3.05, 3.63) is 12.7 Å². The Morgan fingerprint density at radius 3 is 2.17 bits per heavy atom. The molecule has 0 aromatic carbocycles. The first-order chi connectivity index (χ1) is 19.0. The van der Waals surface area contributed by atoms with E-state index in [0.29, 0.717) is 6.42 Å². The lowest BCUT2D eigenvalue weighted by Gasteiger charge is -2.46. The molecule has 0 bridgehead atoms. The van der Waals surface area contributed by atoms with Crippen LogP contribution >= 0.6 is 0 Å². The average Bonchev–Trinajstić information content (AvgIpc) is 3.24. The van der Waals surface area contributed by atoms with Crippen molar-refractivity contribution in [2.75, 3.05) is 26.4 Å². The summed E-state index contributed by atoms with van der Waals surface area (Å²) in [5.41, 5.74) is -1.93. The maximum absolute atomic E-state index is 11.0. The van der Waals surface area contributed by atoms with Gasteiger partial charge in [0.2, 0.25) is 0 Å². The zero-order valence-corrected chi connectivity index (χ0v) is 22.4. The molecule has 3 saturated heterocycles. The molecule has 3 aliphatic heterocycles. The second-order valence-electron chi connectivity index (χ2n) is 10.4. The van der Waals surface area contributed by atoms with Crippen LogP contribution in [-0.4, -0.2) is 158 Å². The molecular formula is C25H44O15. The largest absolute Gasteiger partial charge is 0.394 e. The minimum Gasteiger partial charge on any atom is -0.394 e. The van der Waals surface area contributed by atoms with Gasteiger partial charge in [-0.25, -0.2) is 0 Å². The van der Waals surface area contributed by atoms with E-state index in [1.807, 2.05) is 6.92 Å². The Bertz CT molecular complexity index is 772. The number of ether oxygens (including phenoxy) is 6. The maximum atomic E-state index is 11.0. The first kappa shape index (κ1) is 33.6. The molecule has 15 nitrogen and oxygen atoms in total. The van der Waals surface area contributed by atoms with Gasteiger partial charge in [0.15, 0.2) is 18.9 Å². The molecule has 0 spiro atoms. The van der Waals surface area contributed by atoms with Crippen LogP contribution in [0.4, 0.5) is 0 Å². The molecule has 1 unspecified atom stereocenters. The topological polar surface area (TPSA) is 237 Å². The predicted molar refractivity (Wildman–Crippen MR) is 132 cm³/mol. The highest BCUT2D eigenvalue weighted by Gasteiger charge is 2.53. The summed E-state index contributed by atoms with van der Waals surface area (Å²) in [6.07, 6.45) is -14.4. The molecule has 14 atom stereocenters. The van der Waals surface area contributed by atoms with Crippen molar-refractivity contribution in [3.8, 4) is 0 Å². The number of rotatable bonds is 14. The minimum absolute atomic E-state index is 0.397. The van der Waals surface area contributed by atoms with Crippen molar-refractivity contribution in [1.82, 2.24) is 0 Å². The Morgan fingerprint density at radius 2 is 1.57 bits per heavy atom. The molecule has 0 amide bonds. The van der Waals surface area contributed by atoms with Crippen LogP contribution in [-0.2, 0) is 28.4 Å². The monoisotopic (exact) mass is 584 g/mol. The summed E-state index contributed by atoms with van der Waals surface area (Å²) in [6.45, 7) is 3.49. The first-order valence-corrected chi connectivity index (χ1v) is 13.5. The summed E-state index contributed by atoms with van der Waals surface area (Å²) in [6, 6.07) is 0. The van der Waals surface area contributed by atoms with Gasteiger partial charge in [-0.05, 0) is 6.42 Å². The number of unbranched alkanes of at least 4 members (excludes halogenated alkanes) is 2. The van der Waals surface area contributed by atoms with Gasteiger partial charge in [-0.3, -0.25) is 0 Å². The van der Waals surface area contributed by atoms with Crippen LogP contribution in [0.25, 0.3) is 0 Å². The van der Waals surface area contributed by atoms with Crippen LogP contribution in [0, 0.1) is 0 Å². The lowest BCUT2D eigenvalue weighted by atomic mass is 9.97. The summed E-state index contributed by atoms with van der Waals surface area (Å²) >= 11 is 0. The maximum Gasteiger partial charge on any atom is 0.187 e. The lowest BCUT2D eigenvalue weighted by Crippen LogP contribution is -2.65. The molecule has 3 heterocycles. The number of hydrogen-bond acceptors (Lipinski definition) is 15. The Kier molecular flexibility index (Phi) is 12.7. The molecule has 3 fully saturated rings. The standard InChI is InChI=1S/C25H44O15/c1-3-5-6-7-12(4-2)37-23-20(40-22-19(32)17(30)15(28)13(8-26)38-22)18(31)16(29)14(39-23)9-35-24-21(33)25(34,10-27)11-36-24/h4,12-24,26-34H,2-3,5-11H2,1H3/t12?,13-,14-,15-,16-,17+,18+,19-,20-,21+,22+,23-,24-,25-/m1/s1. The van der Waals surface area contributed by atoms with Crippen LogP contribution < -0.4 is 0 Å². The third-order valence-corrected chi connectivity index (χ3v) is 7.45. The Morgan fingerprint density at radius 1 is 0.900 bits per heavy atom. The normalized spacial score (nSPS) is 45.0. The van der Waals surface area contributed by atoms with Crippen LogP contribution in [0.15, 0.2) is 12.7 Å². The average molecular weight is 585 g/mol. The van der Waals surface area contributed by atoms with E-state index in [4.69, 9.17) is 28.4 Å². The van der Waals surface area contributed by atoms with Gasteiger partial charge in [0.25, 0.3) is 0 Å². The van der Waals surface area contributed by atoms with Gasteiger partial charge in [0.1, 0.15) is 60.5 Å². The Balaban J connectivity index is 1.75. The quantitative estimate of drug-likeness (QED) is 0.0704. The molecule has 3 aliphatic rings. The summed E-state index contributed by atoms with van der Waals surface area (Å²) in [5.74, 6) is 0. The van der Waals surface area contributed by atoms with Crippen molar-refractivity contribution >= 4 is 0 Å². The molecular weight excluding hydrogens is 540 g/mol. The van der Waals surface area contributed by atoms with E-state index in [9.17, 15) is 46.0 Å². The van der Waals surface area contributed by atoms with Crippen molar-refractivity contribution in [2.24, 2.45) is 0 Å². The highest BCUT2D eigenvalue weighted by atomic mass is 16.8. The fraction of sp³-hybridized carbons (Fsp3) is 0.920. The highest BCUT2D eigenvalue weighted by Crippen LogP contribution is 2.32. The van der Waals surface area contributed by atoms with Gasteiger partial charge in [-0.2, -0.15) is 0 Å². The predicted octanol–water partition coefficient (Wildman–Crippen LogP) is -3.77. The number of aliphatic hydroxyl groups is 9. The van der Waals surface area contributed by atoms with E-state index in [1.165, 1.54) is 6.08 Å². The molecule has 0 aromatic rings. The van der Waals surface area contributed by atoms with E-state index in [2.05, 4.69) is 6.58 Å². The van der Waals surface area contributed by atoms with Gasteiger partial charge >= 0.3 is 0 Å². The van der Waals surface area contributed by atoms with Gasteiger partial charge in [-0.1, -0.05) is 32.3 Å². The van der Waals surface area contributed by atoms with E-state index in [-0.39, 0.29) is 0 Å². The molecule has 3 rings (SSSR count). The van der Waals surface area contributed by atoms with E-state index < -0.39 is 112 Å². The van der Waals surface area contributed by atoms with Gasteiger partial charge in [0.05, 0.1) is 32.5 Å². The molecule has 40 heavy (non-hydrogen) atoms. The second-order valence-corrected chi connectivity index (χ2v) is 10.4. The number of aliphatic hydroxyl groups excluding tert-OH is 8. The fourth-order valence-electron chi connectivity index (χ4n) is 4.77. The summed E-state index contributed by atoms with van der Waals surface area (Å²) < 4.78 is 33.7. The molecule has 0 radical (unpaired) electrons.